The van der Waals surface area contributed by atoms with Crippen molar-refractivity contribution in [3.8, 4) is 0 Å². The number of carbonyl (C=O) groups is 1. The number of carbonyl (C=O) groups excluding carboxylic acids is 1. The van der Waals surface area contributed by atoms with Gasteiger partial charge in [0.15, 0.2) is 5.60 Å². The van der Waals surface area contributed by atoms with Crippen molar-refractivity contribution in [2.45, 2.75) is 30.7 Å². The Bertz CT molecular complexity index is 307. The Morgan fingerprint density at radius 2 is 2.12 bits per heavy atom. The Balaban J connectivity index is 1.95. The van der Waals surface area contributed by atoms with Gasteiger partial charge in [0.2, 0.25) is 5.91 Å². The smallest absolute Gasteiger partial charge is 0.365 e. The zero-order valence-electron chi connectivity index (χ0n) is 9.51. The number of nitrogens with zero attached hydrogens (tertiary/aromatic N) is 1. The summed E-state index contributed by atoms with van der Waals surface area (Å²) in [5.74, 6) is -0.251. The topological polar surface area (TPSA) is 41.6 Å². The maximum absolute atomic E-state index is 12.7. The molecule has 2 fully saturated rings. The van der Waals surface area contributed by atoms with E-state index in [1.807, 2.05) is 0 Å². The number of hydrogen-bond donors (Lipinski definition) is 1. The van der Waals surface area contributed by atoms with E-state index < -0.39 is 24.9 Å². The second-order valence-corrected chi connectivity index (χ2v) is 4.54. The van der Waals surface area contributed by atoms with Gasteiger partial charge in [-0.2, -0.15) is 13.2 Å². The molecule has 0 aliphatic carbocycles. The molecule has 17 heavy (non-hydrogen) atoms. The third-order valence-electron chi connectivity index (χ3n) is 3.47. The lowest BCUT2D eigenvalue weighted by Gasteiger charge is -2.49. The molecule has 4 nitrogen and oxygen atoms in total. The molecule has 2 saturated heterocycles. The molecule has 1 amide bonds. The first-order chi connectivity index (χ1) is 7.89. The fourth-order valence-electron chi connectivity index (χ4n) is 2.27. The van der Waals surface area contributed by atoms with Gasteiger partial charge in [0.1, 0.15) is 0 Å². The predicted molar refractivity (Wildman–Crippen MR) is 53.4 cm³/mol. The molecule has 0 spiro atoms. The number of hydrogen-bond acceptors (Lipinski definition) is 3. The SMILES string of the molecule is COC1(C(F)(F)F)CN(C(=O)C2CCCN2)C1. The van der Waals surface area contributed by atoms with Crippen molar-refractivity contribution >= 4 is 5.91 Å². The number of amides is 1. The van der Waals surface area contributed by atoms with Crippen LogP contribution in [0.4, 0.5) is 13.2 Å². The summed E-state index contributed by atoms with van der Waals surface area (Å²) < 4.78 is 42.6. The first-order valence-corrected chi connectivity index (χ1v) is 5.54. The van der Waals surface area contributed by atoms with Crippen LogP contribution in [0, 0.1) is 0 Å². The van der Waals surface area contributed by atoms with Crippen molar-refractivity contribution in [2.24, 2.45) is 0 Å². The van der Waals surface area contributed by atoms with Gasteiger partial charge in [0, 0.05) is 7.11 Å². The molecule has 2 aliphatic heterocycles. The van der Waals surface area contributed by atoms with E-state index >= 15 is 0 Å². The molecule has 1 atom stereocenters. The van der Waals surface area contributed by atoms with E-state index in [0.29, 0.717) is 6.42 Å². The maximum atomic E-state index is 12.7. The monoisotopic (exact) mass is 252 g/mol. The standard InChI is InChI=1S/C10H15F3N2O2/c1-17-9(10(11,12)13)5-15(6-9)8(16)7-3-2-4-14-7/h7,14H,2-6H2,1H3. The van der Waals surface area contributed by atoms with Crippen LogP contribution >= 0.6 is 0 Å². The maximum Gasteiger partial charge on any atom is 0.420 e. The Labute approximate surface area is 97.1 Å². The van der Waals surface area contributed by atoms with Gasteiger partial charge in [0.05, 0.1) is 19.1 Å². The molecule has 2 aliphatic rings. The van der Waals surface area contributed by atoms with Crippen molar-refractivity contribution in [3.63, 3.8) is 0 Å². The van der Waals surface area contributed by atoms with Crippen LogP contribution in [-0.2, 0) is 9.53 Å². The molecular formula is C10H15F3N2O2. The average molecular weight is 252 g/mol. The normalized spacial score (nSPS) is 28.0. The number of alkyl halides is 3. The minimum absolute atomic E-state index is 0.251. The van der Waals surface area contributed by atoms with Crippen LogP contribution in [0.3, 0.4) is 0 Å². The van der Waals surface area contributed by atoms with Crippen LogP contribution in [0.1, 0.15) is 12.8 Å². The summed E-state index contributed by atoms with van der Waals surface area (Å²) in [7, 11) is 1.03. The summed E-state index contributed by atoms with van der Waals surface area (Å²) in [5, 5.41) is 2.98. The first kappa shape index (κ1) is 12.6. The molecule has 2 heterocycles. The summed E-state index contributed by atoms with van der Waals surface area (Å²) in [5.41, 5.74) is -2.17. The van der Waals surface area contributed by atoms with Crippen LogP contribution in [0.5, 0.6) is 0 Å². The van der Waals surface area contributed by atoms with Gasteiger partial charge >= 0.3 is 6.18 Å². The van der Waals surface area contributed by atoms with E-state index in [1.165, 1.54) is 4.90 Å². The summed E-state index contributed by atoms with van der Waals surface area (Å²) in [6, 6.07) is -0.321. The summed E-state index contributed by atoms with van der Waals surface area (Å²) in [6.45, 7) is -0.0486. The Morgan fingerprint density at radius 1 is 1.47 bits per heavy atom. The van der Waals surface area contributed by atoms with E-state index in [-0.39, 0.29) is 11.9 Å². The summed E-state index contributed by atoms with van der Waals surface area (Å²) >= 11 is 0. The van der Waals surface area contributed by atoms with Crippen molar-refractivity contribution in [2.75, 3.05) is 26.7 Å². The lowest BCUT2D eigenvalue weighted by Crippen LogP contribution is -2.72. The number of ether oxygens (including phenoxy) is 1. The van der Waals surface area contributed by atoms with Gasteiger partial charge in [-0.1, -0.05) is 0 Å². The van der Waals surface area contributed by atoms with E-state index in [1.54, 1.807) is 0 Å². The number of methoxy groups -OCH3 is 1. The minimum atomic E-state index is -4.43. The van der Waals surface area contributed by atoms with Crippen LogP contribution < -0.4 is 5.32 Å². The molecule has 7 heteroatoms. The lowest BCUT2D eigenvalue weighted by atomic mass is 9.92. The number of nitrogens with one attached hydrogen (secondary N) is 1. The Hall–Kier alpha value is -0.820. The third-order valence-corrected chi connectivity index (χ3v) is 3.47. The van der Waals surface area contributed by atoms with Crippen LogP contribution in [0.15, 0.2) is 0 Å². The Morgan fingerprint density at radius 3 is 2.53 bits per heavy atom. The Kier molecular flexibility index (Phi) is 3.07. The number of halogens is 3. The predicted octanol–water partition coefficient (Wildman–Crippen LogP) is 0.528. The van der Waals surface area contributed by atoms with E-state index in [0.717, 1.165) is 20.1 Å². The molecule has 98 valence electrons. The van der Waals surface area contributed by atoms with E-state index in [9.17, 15) is 18.0 Å². The van der Waals surface area contributed by atoms with Crippen molar-refractivity contribution < 1.29 is 22.7 Å². The average Bonchev–Trinajstić information content (AvgIpc) is 2.66. The molecule has 1 unspecified atom stereocenters. The lowest BCUT2D eigenvalue weighted by molar-refractivity contribution is -0.306. The largest absolute Gasteiger partial charge is 0.420 e. The van der Waals surface area contributed by atoms with Crippen LogP contribution in [0.2, 0.25) is 0 Å². The first-order valence-electron chi connectivity index (χ1n) is 5.54. The highest BCUT2D eigenvalue weighted by molar-refractivity contribution is 5.83. The number of rotatable bonds is 2. The summed E-state index contributed by atoms with van der Waals surface area (Å²) in [4.78, 5) is 13.0. The molecule has 0 saturated carbocycles. The second-order valence-electron chi connectivity index (χ2n) is 4.54. The zero-order valence-corrected chi connectivity index (χ0v) is 9.51. The van der Waals surface area contributed by atoms with Gasteiger partial charge in [-0.3, -0.25) is 4.79 Å². The van der Waals surface area contributed by atoms with E-state index in [4.69, 9.17) is 0 Å². The molecule has 0 radical (unpaired) electrons. The van der Waals surface area contributed by atoms with Crippen molar-refractivity contribution in [1.29, 1.82) is 0 Å². The van der Waals surface area contributed by atoms with Gasteiger partial charge < -0.3 is 15.0 Å². The molecule has 2 rings (SSSR count). The quantitative estimate of drug-likeness (QED) is 0.779. The third kappa shape index (κ3) is 2.01. The van der Waals surface area contributed by atoms with Gasteiger partial charge in [-0.15, -0.1) is 0 Å². The molecule has 0 aromatic rings. The van der Waals surface area contributed by atoms with E-state index in [2.05, 4.69) is 10.1 Å². The highest BCUT2D eigenvalue weighted by Crippen LogP contribution is 2.40. The molecule has 0 aromatic heterocycles. The highest BCUT2D eigenvalue weighted by atomic mass is 19.4. The fraction of sp³-hybridized carbons (Fsp3) is 0.900. The highest BCUT2D eigenvalue weighted by Gasteiger charge is 2.64. The summed E-state index contributed by atoms with van der Waals surface area (Å²) in [6.07, 6.45) is -2.85. The number of likely N-dealkylation sites (tertiary alicyclic amines) is 1. The molecule has 0 aromatic carbocycles. The van der Waals surface area contributed by atoms with Crippen LogP contribution in [0.25, 0.3) is 0 Å². The fourth-order valence-corrected chi connectivity index (χ4v) is 2.27. The second kappa shape index (κ2) is 4.13. The van der Waals surface area contributed by atoms with Gasteiger partial charge in [-0.05, 0) is 19.4 Å². The van der Waals surface area contributed by atoms with Crippen molar-refractivity contribution in [3.05, 3.63) is 0 Å². The van der Waals surface area contributed by atoms with Crippen molar-refractivity contribution in [1.82, 2.24) is 10.2 Å². The molecular weight excluding hydrogens is 237 g/mol. The molecule has 0 bridgehead atoms. The minimum Gasteiger partial charge on any atom is -0.365 e. The van der Waals surface area contributed by atoms with Crippen LogP contribution in [-0.4, -0.2) is 55.4 Å². The van der Waals surface area contributed by atoms with Gasteiger partial charge in [0.25, 0.3) is 0 Å². The molecule has 1 N–H and O–H groups in total. The van der Waals surface area contributed by atoms with Gasteiger partial charge in [-0.25, -0.2) is 0 Å². The zero-order chi connectivity index (χ0) is 12.7.